The van der Waals surface area contributed by atoms with Gasteiger partial charge in [-0.05, 0) is 60.7 Å². The van der Waals surface area contributed by atoms with E-state index in [1.807, 2.05) is 49.4 Å². The largest absolute Gasteiger partial charge is 0.205 e. The quantitative estimate of drug-likeness (QED) is 0.393. The van der Waals surface area contributed by atoms with Crippen molar-refractivity contribution in [1.82, 2.24) is 0 Å². The van der Waals surface area contributed by atoms with E-state index in [2.05, 4.69) is 30.9 Å². The highest BCUT2D eigenvalue weighted by atomic mass is 19.1. The van der Waals surface area contributed by atoms with Crippen LogP contribution in [0.1, 0.15) is 67.7 Å². The van der Waals surface area contributed by atoms with Crippen molar-refractivity contribution in [2.24, 2.45) is 11.8 Å². The molecule has 1 fully saturated rings. The molecule has 1 aliphatic carbocycles. The van der Waals surface area contributed by atoms with Gasteiger partial charge in [0.2, 0.25) is 0 Å². The zero-order chi connectivity index (χ0) is 20.9. The molecule has 0 amide bonds. The molecule has 0 atom stereocenters. The minimum atomic E-state index is -0.212. The molecule has 0 radical (unpaired) electrons. The smallest absolute Gasteiger partial charge is 0.146 e. The Bertz CT molecular complexity index is 1060. The van der Waals surface area contributed by atoms with Crippen LogP contribution in [0.15, 0.2) is 54.6 Å². The van der Waals surface area contributed by atoms with Crippen LogP contribution < -0.4 is 0 Å². The Kier molecular flexibility index (Phi) is 6.53. The molecule has 4 rings (SSSR count). The Labute approximate surface area is 180 Å². The van der Waals surface area contributed by atoms with E-state index in [9.17, 15) is 0 Å². The van der Waals surface area contributed by atoms with Gasteiger partial charge in [-0.25, -0.2) is 4.39 Å². The van der Waals surface area contributed by atoms with Crippen LogP contribution in [0.2, 0.25) is 0 Å². The van der Waals surface area contributed by atoms with Crippen molar-refractivity contribution in [3.8, 4) is 11.8 Å². The van der Waals surface area contributed by atoms with Gasteiger partial charge >= 0.3 is 0 Å². The lowest BCUT2D eigenvalue weighted by Crippen LogP contribution is -2.14. The molecule has 0 saturated heterocycles. The van der Waals surface area contributed by atoms with Gasteiger partial charge < -0.3 is 0 Å². The van der Waals surface area contributed by atoms with Crippen molar-refractivity contribution >= 4 is 10.8 Å². The molecule has 0 N–H and O–H groups in total. The zero-order valence-electron chi connectivity index (χ0n) is 18.2. The normalized spacial score (nSPS) is 18.8. The van der Waals surface area contributed by atoms with Crippen molar-refractivity contribution in [3.63, 3.8) is 0 Å². The predicted octanol–water partition coefficient (Wildman–Crippen LogP) is 7.84. The van der Waals surface area contributed by atoms with E-state index in [1.54, 1.807) is 0 Å². The van der Waals surface area contributed by atoms with Crippen molar-refractivity contribution in [3.05, 3.63) is 82.7 Å². The minimum Gasteiger partial charge on any atom is -0.205 e. The highest BCUT2D eigenvalue weighted by molar-refractivity contribution is 5.85. The van der Waals surface area contributed by atoms with E-state index >= 15 is 4.39 Å². The number of benzene rings is 3. The Morgan fingerprint density at radius 3 is 2.33 bits per heavy atom. The van der Waals surface area contributed by atoms with E-state index in [1.165, 1.54) is 49.7 Å². The monoisotopic (exact) mass is 398 g/mol. The highest BCUT2D eigenvalue weighted by Crippen LogP contribution is 2.33. The summed E-state index contributed by atoms with van der Waals surface area (Å²) in [6.07, 6.45) is 9.24. The van der Waals surface area contributed by atoms with E-state index in [0.29, 0.717) is 10.9 Å². The summed E-state index contributed by atoms with van der Waals surface area (Å²) < 4.78 is 15.0. The van der Waals surface area contributed by atoms with Crippen LogP contribution in [-0.2, 0) is 6.42 Å². The Balaban J connectivity index is 1.45. The molecular formula is C29H31F. The average Bonchev–Trinajstić information content (AvgIpc) is 2.78. The van der Waals surface area contributed by atoms with Gasteiger partial charge in [0.25, 0.3) is 0 Å². The molecule has 154 valence electrons. The average molecular weight is 399 g/mol. The van der Waals surface area contributed by atoms with Crippen molar-refractivity contribution in [2.45, 2.75) is 58.8 Å². The van der Waals surface area contributed by atoms with Crippen molar-refractivity contribution in [1.29, 1.82) is 0 Å². The second kappa shape index (κ2) is 9.48. The molecule has 1 heteroatoms. The lowest BCUT2D eigenvalue weighted by Gasteiger charge is -2.27. The molecule has 3 aromatic carbocycles. The van der Waals surface area contributed by atoms with Crippen LogP contribution in [0.5, 0.6) is 0 Å². The molecule has 0 aromatic heterocycles. The van der Waals surface area contributed by atoms with E-state index in [4.69, 9.17) is 0 Å². The van der Waals surface area contributed by atoms with Gasteiger partial charge in [0.1, 0.15) is 5.82 Å². The van der Waals surface area contributed by atoms with Crippen LogP contribution >= 0.6 is 0 Å². The third-order valence-corrected chi connectivity index (χ3v) is 6.80. The summed E-state index contributed by atoms with van der Waals surface area (Å²) in [7, 11) is 0. The fraction of sp³-hybridized carbons (Fsp3) is 0.379. The Morgan fingerprint density at radius 1 is 0.867 bits per heavy atom. The summed E-state index contributed by atoms with van der Waals surface area (Å²) in [5, 5.41) is 1.64. The Hall–Kier alpha value is -2.59. The van der Waals surface area contributed by atoms with Gasteiger partial charge in [-0.15, -0.1) is 0 Å². The maximum absolute atomic E-state index is 15.0. The topological polar surface area (TPSA) is 0 Å². The minimum absolute atomic E-state index is 0.212. The van der Waals surface area contributed by atoms with Crippen LogP contribution in [0.25, 0.3) is 10.8 Å². The fourth-order valence-electron chi connectivity index (χ4n) is 4.67. The maximum Gasteiger partial charge on any atom is 0.146 e. The zero-order valence-corrected chi connectivity index (χ0v) is 18.2. The van der Waals surface area contributed by atoms with E-state index in [0.717, 1.165) is 29.2 Å². The summed E-state index contributed by atoms with van der Waals surface area (Å²) in [6, 6.07) is 18.0. The second-order valence-corrected chi connectivity index (χ2v) is 8.93. The van der Waals surface area contributed by atoms with E-state index in [-0.39, 0.29) is 5.82 Å². The summed E-state index contributed by atoms with van der Waals surface area (Å²) in [5.74, 6) is 7.69. The van der Waals surface area contributed by atoms with Crippen LogP contribution in [0.3, 0.4) is 0 Å². The molecule has 0 heterocycles. The van der Waals surface area contributed by atoms with Gasteiger partial charge in [0.15, 0.2) is 0 Å². The molecule has 0 aliphatic heterocycles. The van der Waals surface area contributed by atoms with Crippen LogP contribution in [0, 0.1) is 36.4 Å². The van der Waals surface area contributed by atoms with Crippen LogP contribution in [-0.4, -0.2) is 0 Å². The first-order valence-electron chi connectivity index (χ1n) is 11.4. The third-order valence-electron chi connectivity index (χ3n) is 6.80. The summed E-state index contributed by atoms with van der Waals surface area (Å²) in [4.78, 5) is 0. The number of hydrogen-bond acceptors (Lipinski definition) is 0. The summed E-state index contributed by atoms with van der Waals surface area (Å²) in [6.45, 7) is 4.37. The van der Waals surface area contributed by atoms with Crippen molar-refractivity contribution in [2.75, 3.05) is 0 Å². The first-order valence-corrected chi connectivity index (χ1v) is 11.4. The molecule has 3 aromatic rings. The lowest BCUT2D eigenvalue weighted by molar-refractivity contribution is 0.259. The van der Waals surface area contributed by atoms with Gasteiger partial charge in [-0.3, -0.25) is 0 Å². The summed E-state index contributed by atoms with van der Waals surface area (Å²) >= 11 is 0. The number of hydrogen-bond donors (Lipinski definition) is 0. The van der Waals surface area contributed by atoms with Crippen molar-refractivity contribution < 1.29 is 4.39 Å². The molecule has 0 bridgehead atoms. The fourth-order valence-corrected chi connectivity index (χ4v) is 4.67. The van der Waals surface area contributed by atoms with Crippen LogP contribution in [0.4, 0.5) is 4.39 Å². The molecule has 1 saturated carbocycles. The predicted molar refractivity (Wildman–Crippen MR) is 125 cm³/mol. The molecule has 0 nitrogen and oxygen atoms in total. The van der Waals surface area contributed by atoms with Gasteiger partial charge in [-0.1, -0.05) is 92.8 Å². The molecule has 30 heavy (non-hydrogen) atoms. The first-order chi connectivity index (χ1) is 14.6. The molecular weight excluding hydrogens is 367 g/mol. The number of rotatable bonds is 4. The number of halogens is 1. The highest BCUT2D eigenvalue weighted by Gasteiger charge is 2.19. The van der Waals surface area contributed by atoms with Gasteiger partial charge in [0, 0.05) is 10.9 Å². The molecule has 0 unspecified atom stereocenters. The Morgan fingerprint density at radius 2 is 1.60 bits per heavy atom. The van der Waals surface area contributed by atoms with Gasteiger partial charge in [-0.2, -0.15) is 0 Å². The van der Waals surface area contributed by atoms with Gasteiger partial charge in [0.05, 0.1) is 5.56 Å². The second-order valence-electron chi connectivity index (χ2n) is 8.93. The third kappa shape index (κ3) is 4.93. The molecule has 1 aliphatic rings. The summed E-state index contributed by atoms with van der Waals surface area (Å²) in [5.41, 5.74) is 3.88. The number of fused-ring (bicyclic) bond motifs is 1. The number of aryl methyl sites for hydroxylation is 2. The standard InChI is InChI=1S/C29H31F/c1-3-22-8-10-24(11-9-22)12-13-25-15-19-28-27(20-25)18-17-26(29(28)30)16-14-23-6-4-21(2)5-7-23/h4-7,15,17-20,22,24H,3,8-13H2,1-2H3. The lowest BCUT2D eigenvalue weighted by atomic mass is 9.78. The molecule has 0 spiro atoms. The maximum atomic E-state index is 15.0. The van der Waals surface area contributed by atoms with E-state index < -0.39 is 0 Å². The first kappa shape index (κ1) is 20.7. The SMILES string of the molecule is CCC1CCC(CCc2ccc3c(F)c(C#Cc4ccc(C)cc4)ccc3c2)CC1.